The van der Waals surface area contributed by atoms with E-state index in [9.17, 15) is 4.79 Å². The summed E-state index contributed by atoms with van der Waals surface area (Å²) >= 11 is 0. The second-order valence-corrected chi connectivity index (χ2v) is 5.65. The van der Waals surface area contributed by atoms with Gasteiger partial charge in [-0.15, -0.1) is 0 Å². The predicted octanol–water partition coefficient (Wildman–Crippen LogP) is 1.56. The molecule has 1 unspecified atom stereocenters. The van der Waals surface area contributed by atoms with Crippen LogP contribution in [-0.2, 0) is 4.74 Å². The summed E-state index contributed by atoms with van der Waals surface area (Å²) in [6, 6.07) is 5.72. The van der Waals surface area contributed by atoms with Gasteiger partial charge in [0.15, 0.2) is 0 Å². The molecule has 3 saturated heterocycles. The molecule has 2 bridgehead atoms. The molecular weight excluding hydrogens is 254 g/mol. The van der Waals surface area contributed by atoms with Crippen molar-refractivity contribution in [2.24, 2.45) is 5.92 Å². The van der Waals surface area contributed by atoms with E-state index in [4.69, 9.17) is 10.5 Å². The van der Waals surface area contributed by atoms with Gasteiger partial charge in [0, 0.05) is 12.6 Å². The molecule has 3 aliphatic rings. The highest BCUT2D eigenvalue weighted by molar-refractivity contribution is 5.98. The van der Waals surface area contributed by atoms with Gasteiger partial charge in [-0.3, -0.25) is 0 Å². The van der Waals surface area contributed by atoms with Gasteiger partial charge in [0.05, 0.1) is 24.0 Å². The van der Waals surface area contributed by atoms with E-state index in [0.29, 0.717) is 23.2 Å². The SMILES string of the molecule is COC(=O)c1cccc(N)c1NC1CN2CCC1CC2. The van der Waals surface area contributed by atoms with E-state index in [-0.39, 0.29) is 5.97 Å². The molecule has 0 amide bonds. The molecule has 5 heteroatoms. The molecule has 3 heterocycles. The first kappa shape index (κ1) is 13.2. The minimum atomic E-state index is -0.346. The summed E-state index contributed by atoms with van der Waals surface area (Å²) < 4.78 is 4.84. The van der Waals surface area contributed by atoms with Gasteiger partial charge in [0.1, 0.15) is 0 Å². The van der Waals surface area contributed by atoms with Gasteiger partial charge < -0.3 is 20.7 Å². The number of nitrogens with zero attached hydrogens (tertiary/aromatic N) is 1. The van der Waals surface area contributed by atoms with Crippen LogP contribution in [0.4, 0.5) is 11.4 Å². The number of para-hydroxylation sites is 1. The van der Waals surface area contributed by atoms with Crippen molar-refractivity contribution in [3.63, 3.8) is 0 Å². The number of nitrogen functional groups attached to an aromatic ring is 1. The Labute approximate surface area is 119 Å². The normalized spacial score (nSPS) is 28.1. The molecular formula is C15H21N3O2. The summed E-state index contributed by atoms with van der Waals surface area (Å²) in [5, 5.41) is 3.50. The Morgan fingerprint density at radius 1 is 1.40 bits per heavy atom. The average molecular weight is 275 g/mol. The van der Waals surface area contributed by atoms with Gasteiger partial charge in [0.25, 0.3) is 0 Å². The van der Waals surface area contributed by atoms with E-state index in [0.717, 1.165) is 12.2 Å². The van der Waals surface area contributed by atoms with Gasteiger partial charge in [0.2, 0.25) is 0 Å². The smallest absolute Gasteiger partial charge is 0.340 e. The number of carbonyl (C=O) groups excluding carboxylic acids is 1. The highest BCUT2D eigenvalue weighted by Crippen LogP contribution is 2.32. The van der Waals surface area contributed by atoms with E-state index < -0.39 is 0 Å². The number of piperidine rings is 3. The molecule has 1 aromatic carbocycles. The molecule has 4 rings (SSSR count). The molecule has 108 valence electrons. The first-order chi connectivity index (χ1) is 9.69. The van der Waals surface area contributed by atoms with Crippen LogP contribution < -0.4 is 11.1 Å². The third-order valence-corrected chi connectivity index (χ3v) is 4.49. The van der Waals surface area contributed by atoms with E-state index in [1.165, 1.54) is 33.0 Å². The van der Waals surface area contributed by atoms with Crippen LogP contribution in [0.5, 0.6) is 0 Å². The van der Waals surface area contributed by atoms with Crippen molar-refractivity contribution in [1.82, 2.24) is 4.90 Å². The molecule has 0 saturated carbocycles. The summed E-state index contributed by atoms with van der Waals surface area (Å²) in [5.74, 6) is 0.325. The molecule has 1 atom stereocenters. The van der Waals surface area contributed by atoms with Crippen LogP contribution in [0.3, 0.4) is 0 Å². The number of fused-ring (bicyclic) bond motifs is 3. The second kappa shape index (κ2) is 5.32. The van der Waals surface area contributed by atoms with Crippen molar-refractivity contribution in [3.8, 4) is 0 Å². The third-order valence-electron chi connectivity index (χ3n) is 4.49. The summed E-state index contributed by atoms with van der Waals surface area (Å²) in [6.45, 7) is 3.41. The Hall–Kier alpha value is -1.75. The van der Waals surface area contributed by atoms with Crippen molar-refractivity contribution < 1.29 is 9.53 Å². The average Bonchev–Trinajstić information content (AvgIpc) is 2.50. The number of benzene rings is 1. The summed E-state index contributed by atoms with van der Waals surface area (Å²) in [5.41, 5.74) is 7.88. The topological polar surface area (TPSA) is 67.6 Å². The first-order valence-corrected chi connectivity index (χ1v) is 7.14. The highest BCUT2D eigenvalue weighted by atomic mass is 16.5. The zero-order valence-corrected chi connectivity index (χ0v) is 11.8. The number of hydrogen-bond acceptors (Lipinski definition) is 5. The molecule has 5 nitrogen and oxygen atoms in total. The Morgan fingerprint density at radius 2 is 2.15 bits per heavy atom. The largest absolute Gasteiger partial charge is 0.465 e. The third kappa shape index (κ3) is 2.33. The van der Waals surface area contributed by atoms with Crippen LogP contribution in [0.15, 0.2) is 18.2 Å². The number of methoxy groups -OCH3 is 1. The number of ether oxygens (including phenoxy) is 1. The Morgan fingerprint density at radius 3 is 2.75 bits per heavy atom. The first-order valence-electron chi connectivity index (χ1n) is 7.14. The zero-order valence-electron chi connectivity index (χ0n) is 11.8. The van der Waals surface area contributed by atoms with Gasteiger partial charge in [-0.2, -0.15) is 0 Å². The van der Waals surface area contributed by atoms with Gasteiger partial charge in [-0.05, 0) is 44.0 Å². The van der Waals surface area contributed by atoms with E-state index in [1.807, 2.05) is 6.07 Å². The van der Waals surface area contributed by atoms with Gasteiger partial charge >= 0.3 is 5.97 Å². The lowest BCUT2D eigenvalue weighted by molar-refractivity contribution is 0.0601. The van der Waals surface area contributed by atoms with Crippen molar-refractivity contribution >= 4 is 17.3 Å². The monoisotopic (exact) mass is 275 g/mol. The molecule has 0 spiro atoms. The standard InChI is InChI=1S/C15H21N3O2/c1-20-15(19)11-3-2-4-12(16)14(11)17-13-9-18-7-5-10(13)6-8-18/h2-4,10,13,17H,5-9,16H2,1H3. The molecule has 20 heavy (non-hydrogen) atoms. The van der Waals surface area contributed by atoms with Crippen molar-refractivity contribution in [3.05, 3.63) is 23.8 Å². The van der Waals surface area contributed by atoms with Crippen LogP contribution in [0, 0.1) is 5.92 Å². The number of nitrogens with one attached hydrogen (secondary N) is 1. The fraction of sp³-hybridized carbons (Fsp3) is 0.533. The number of hydrogen-bond donors (Lipinski definition) is 2. The number of esters is 1. The molecule has 3 N–H and O–H groups in total. The maximum atomic E-state index is 11.9. The fourth-order valence-electron chi connectivity index (χ4n) is 3.33. The van der Waals surface area contributed by atoms with Crippen LogP contribution in [0.25, 0.3) is 0 Å². The minimum Gasteiger partial charge on any atom is -0.465 e. The van der Waals surface area contributed by atoms with Crippen molar-refractivity contribution in [1.29, 1.82) is 0 Å². The summed E-state index contributed by atoms with van der Waals surface area (Å²) in [4.78, 5) is 14.3. The molecule has 0 aromatic heterocycles. The van der Waals surface area contributed by atoms with Gasteiger partial charge in [-0.25, -0.2) is 4.79 Å². The zero-order chi connectivity index (χ0) is 14.1. The summed E-state index contributed by atoms with van der Waals surface area (Å²) in [7, 11) is 1.39. The lowest BCUT2D eigenvalue weighted by Crippen LogP contribution is -2.53. The maximum Gasteiger partial charge on any atom is 0.340 e. The fourth-order valence-corrected chi connectivity index (χ4v) is 3.33. The predicted molar refractivity (Wildman–Crippen MR) is 78.8 cm³/mol. The number of nitrogens with two attached hydrogens (primary N) is 1. The van der Waals surface area contributed by atoms with Crippen molar-refractivity contribution in [2.45, 2.75) is 18.9 Å². The van der Waals surface area contributed by atoms with Gasteiger partial charge in [-0.1, -0.05) is 6.07 Å². The lowest BCUT2D eigenvalue weighted by atomic mass is 9.84. The van der Waals surface area contributed by atoms with E-state index in [1.54, 1.807) is 12.1 Å². The quantitative estimate of drug-likeness (QED) is 0.647. The minimum absolute atomic E-state index is 0.346. The molecule has 3 fully saturated rings. The highest BCUT2D eigenvalue weighted by Gasteiger charge is 2.34. The molecule has 1 aromatic rings. The van der Waals surface area contributed by atoms with Crippen LogP contribution in [-0.4, -0.2) is 43.7 Å². The Balaban J connectivity index is 1.85. The van der Waals surface area contributed by atoms with E-state index >= 15 is 0 Å². The van der Waals surface area contributed by atoms with E-state index in [2.05, 4.69) is 10.2 Å². The number of carbonyl (C=O) groups is 1. The Bertz CT molecular complexity index is 510. The Kier molecular flexibility index (Phi) is 3.53. The molecule has 0 aliphatic carbocycles. The van der Waals surface area contributed by atoms with Crippen LogP contribution in [0.1, 0.15) is 23.2 Å². The molecule has 0 radical (unpaired) electrons. The number of rotatable bonds is 3. The van der Waals surface area contributed by atoms with Crippen LogP contribution >= 0.6 is 0 Å². The lowest BCUT2D eigenvalue weighted by Gasteiger charge is -2.45. The summed E-state index contributed by atoms with van der Waals surface area (Å²) in [6.07, 6.45) is 2.44. The number of anilines is 2. The maximum absolute atomic E-state index is 11.9. The molecule has 3 aliphatic heterocycles. The van der Waals surface area contributed by atoms with Crippen LogP contribution in [0.2, 0.25) is 0 Å². The second-order valence-electron chi connectivity index (χ2n) is 5.65. The van der Waals surface area contributed by atoms with Crippen molar-refractivity contribution in [2.75, 3.05) is 37.8 Å².